The second-order valence-corrected chi connectivity index (χ2v) is 16.4. The summed E-state index contributed by atoms with van der Waals surface area (Å²) >= 11 is 4.27. The van der Waals surface area contributed by atoms with Crippen LogP contribution < -0.4 is 16.0 Å². The molecular formula is C38H41N3O5S3. The van der Waals surface area contributed by atoms with Gasteiger partial charge in [0.25, 0.3) is 11.8 Å². The summed E-state index contributed by atoms with van der Waals surface area (Å²) in [5.41, 5.74) is 2.67. The Morgan fingerprint density at radius 2 is 1.80 bits per heavy atom. The molecule has 2 unspecified atom stereocenters. The Morgan fingerprint density at radius 3 is 2.49 bits per heavy atom. The number of thiophene rings is 2. The first-order valence-corrected chi connectivity index (χ1v) is 18.8. The zero-order valence-corrected chi connectivity index (χ0v) is 30.7. The standard InChI is InChI=1S/C38H41N3O5S3/c1-6-46-37(45)32-29-18-17-25(38(3,4)5)20-31(29)49-36(32)41-33(42)23(2)48-28-15-10-14-26(21-28)39-35(44)30(22-27-16-11-19-47-27)40-34(43)24-12-8-7-9-13-24/h7-16,19,21-23,25H,6,17-18,20H2,1-5H3,(H,39,44)(H,40,43)(H,41,42)/b30-22-. The molecule has 0 saturated carbocycles. The normalized spacial score (nSPS) is 15.1. The van der Waals surface area contributed by atoms with E-state index in [0.29, 0.717) is 27.7 Å². The summed E-state index contributed by atoms with van der Waals surface area (Å²) in [4.78, 5) is 55.7. The number of anilines is 2. The van der Waals surface area contributed by atoms with Crippen LogP contribution in [0.1, 0.15) is 77.1 Å². The average Bonchev–Trinajstić information content (AvgIpc) is 3.71. The highest BCUT2D eigenvalue weighted by Crippen LogP contribution is 2.44. The molecule has 0 fully saturated rings. The molecule has 0 saturated heterocycles. The zero-order chi connectivity index (χ0) is 35.1. The first-order chi connectivity index (χ1) is 23.4. The summed E-state index contributed by atoms with van der Waals surface area (Å²) in [5.74, 6) is -1.02. The van der Waals surface area contributed by atoms with Gasteiger partial charge in [-0.2, -0.15) is 0 Å². The van der Waals surface area contributed by atoms with Crippen molar-refractivity contribution in [1.29, 1.82) is 0 Å². The predicted molar refractivity (Wildman–Crippen MR) is 200 cm³/mol. The molecule has 49 heavy (non-hydrogen) atoms. The van der Waals surface area contributed by atoms with Crippen molar-refractivity contribution in [2.24, 2.45) is 11.3 Å². The van der Waals surface area contributed by atoms with E-state index < -0.39 is 23.0 Å². The van der Waals surface area contributed by atoms with Crippen molar-refractivity contribution in [3.8, 4) is 0 Å². The molecule has 3 N–H and O–H groups in total. The molecule has 1 aliphatic rings. The van der Waals surface area contributed by atoms with Crippen molar-refractivity contribution in [2.45, 2.75) is 64.0 Å². The first-order valence-electron chi connectivity index (χ1n) is 16.2. The molecule has 8 nitrogen and oxygen atoms in total. The molecule has 5 rings (SSSR count). The summed E-state index contributed by atoms with van der Waals surface area (Å²) < 4.78 is 5.41. The Hall–Kier alpha value is -4.19. The van der Waals surface area contributed by atoms with E-state index in [4.69, 9.17) is 4.74 Å². The van der Waals surface area contributed by atoms with E-state index in [1.807, 2.05) is 29.6 Å². The van der Waals surface area contributed by atoms with Gasteiger partial charge in [-0.15, -0.1) is 34.4 Å². The third-order valence-corrected chi connectivity index (χ3v) is 11.4. The second kappa shape index (κ2) is 16.0. The Bertz CT molecular complexity index is 1840. The Balaban J connectivity index is 1.28. The lowest BCUT2D eigenvalue weighted by atomic mass is 9.72. The van der Waals surface area contributed by atoms with E-state index in [-0.39, 0.29) is 23.6 Å². The maximum absolute atomic E-state index is 13.5. The lowest BCUT2D eigenvalue weighted by Crippen LogP contribution is -2.30. The number of carbonyl (C=O) groups excluding carboxylic acids is 4. The number of esters is 1. The van der Waals surface area contributed by atoms with Gasteiger partial charge in [0.15, 0.2) is 0 Å². The molecule has 0 bridgehead atoms. The third kappa shape index (κ3) is 9.29. The van der Waals surface area contributed by atoms with E-state index in [1.54, 1.807) is 62.4 Å². The fourth-order valence-electron chi connectivity index (χ4n) is 5.61. The van der Waals surface area contributed by atoms with Gasteiger partial charge in [-0.3, -0.25) is 14.4 Å². The molecule has 0 radical (unpaired) electrons. The lowest BCUT2D eigenvalue weighted by Gasteiger charge is -2.33. The minimum absolute atomic E-state index is 0.104. The van der Waals surface area contributed by atoms with Crippen LogP contribution in [0.15, 0.2) is 82.7 Å². The van der Waals surface area contributed by atoms with E-state index in [9.17, 15) is 19.2 Å². The Kier molecular flexibility index (Phi) is 11.8. The molecule has 0 aliphatic heterocycles. The quantitative estimate of drug-likeness (QED) is 0.0814. The van der Waals surface area contributed by atoms with Crippen LogP contribution in [0, 0.1) is 11.3 Å². The summed E-state index contributed by atoms with van der Waals surface area (Å²) in [6, 6.07) is 19.6. The van der Waals surface area contributed by atoms with Crippen LogP contribution in [0.4, 0.5) is 10.7 Å². The number of benzene rings is 2. The SMILES string of the molecule is CCOC(=O)c1c(NC(=O)C(C)Sc2cccc(NC(=O)/C(=C/c3cccs3)NC(=O)c3ccccc3)c2)sc2c1CCC(C(C)(C)C)C2. The summed E-state index contributed by atoms with van der Waals surface area (Å²) in [6.45, 7) is 10.6. The summed E-state index contributed by atoms with van der Waals surface area (Å²) in [7, 11) is 0. The molecule has 2 aromatic carbocycles. The van der Waals surface area contributed by atoms with E-state index in [1.165, 1.54) is 34.4 Å². The monoisotopic (exact) mass is 715 g/mol. The van der Waals surface area contributed by atoms with Gasteiger partial charge in [0, 0.05) is 25.9 Å². The highest BCUT2D eigenvalue weighted by Gasteiger charge is 2.35. The van der Waals surface area contributed by atoms with Crippen molar-refractivity contribution >= 4 is 74.9 Å². The molecule has 1 aliphatic carbocycles. The minimum Gasteiger partial charge on any atom is -0.462 e. The molecule has 2 atom stereocenters. The molecule has 256 valence electrons. The number of nitrogens with one attached hydrogen (secondary N) is 3. The number of carbonyl (C=O) groups is 4. The van der Waals surface area contributed by atoms with Crippen LogP contribution in [0.2, 0.25) is 0 Å². The second-order valence-electron chi connectivity index (χ2n) is 12.9. The van der Waals surface area contributed by atoms with Crippen LogP contribution >= 0.6 is 34.4 Å². The van der Waals surface area contributed by atoms with Gasteiger partial charge in [-0.1, -0.05) is 51.1 Å². The van der Waals surface area contributed by atoms with Gasteiger partial charge < -0.3 is 20.7 Å². The molecule has 4 aromatic rings. The van der Waals surface area contributed by atoms with Crippen molar-refractivity contribution < 1.29 is 23.9 Å². The van der Waals surface area contributed by atoms with Gasteiger partial charge in [0.1, 0.15) is 10.7 Å². The number of amides is 3. The van der Waals surface area contributed by atoms with Gasteiger partial charge in [-0.25, -0.2) is 4.79 Å². The molecule has 11 heteroatoms. The number of fused-ring (bicyclic) bond motifs is 1. The van der Waals surface area contributed by atoms with Gasteiger partial charge in [-0.05, 0) is 97.9 Å². The maximum atomic E-state index is 13.5. The fourth-order valence-corrected chi connectivity index (χ4v) is 8.51. The number of hydrogen-bond acceptors (Lipinski definition) is 8. The highest BCUT2D eigenvalue weighted by atomic mass is 32.2. The van der Waals surface area contributed by atoms with Crippen LogP contribution in [0.5, 0.6) is 0 Å². The summed E-state index contributed by atoms with van der Waals surface area (Å²) in [6.07, 6.45) is 4.27. The Labute approximate surface area is 299 Å². The van der Waals surface area contributed by atoms with Gasteiger partial charge in [0.05, 0.1) is 17.4 Å². The molecule has 3 amide bonds. The fraction of sp³-hybridized carbons (Fsp3) is 0.316. The zero-order valence-electron chi connectivity index (χ0n) is 28.3. The number of hydrogen-bond donors (Lipinski definition) is 3. The number of thioether (sulfide) groups is 1. The van der Waals surface area contributed by atoms with Crippen LogP contribution in [0.25, 0.3) is 6.08 Å². The predicted octanol–water partition coefficient (Wildman–Crippen LogP) is 8.67. The average molecular weight is 716 g/mol. The third-order valence-electron chi connectivity index (χ3n) is 8.34. The van der Waals surface area contributed by atoms with Gasteiger partial charge in [0.2, 0.25) is 5.91 Å². The van der Waals surface area contributed by atoms with Gasteiger partial charge >= 0.3 is 5.97 Å². The Morgan fingerprint density at radius 1 is 1.02 bits per heavy atom. The number of ether oxygens (including phenoxy) is 1. The van der Waals surface area contributed by atoms with E-state index >= 15 is 0 Å². The topological polar surface area (TPSA) is 114 Å². The van der Waals surface area contributed by atoms with E-state index in [0.717, 1.165) is 39.5 Å². The molecule has 0 spiro atoms. The molecular weight excluding hydrogens is 675 g/mol. The lowest BCUT2D eigenvalue weighted by molar-refractivity contribution is -0.115. The summed E-state index contributed by atoms with van der Waals surface area (Å²) in [5, 5.41) is 10.6. The maximum Gasteiger partial charge on any atom is 0.341 e. The largest absolute Gasteiger partial charge is 0.462 e. The van der Waals surface area contributed by atoms with Crippen molar-refractivity contribution in [3.63, 3.8) is 0 Å². The molecule has 2 aromatic heterocycles. The van der Waals surface area contributed by atoms with Crippen molar-refractivity contribution in [1.82, 2.24) is 5.32 Å². The van der Waals surface area contributed by atoms with Crippen LogP contribution in [0.3, 0.4) is 0 Å². The molecule has 2 heterocycles. The van der Waals surface area contributed by atoms with Crippen LogP contribution in [-0.2, 0) is 27.2 Å². The highest BCUT2D eigenvalue weighted by molar-refractivity contribution is 8.00. The van der Waals surface area contributed by atoms with Crippen molar-refractivity contribution in [2.75, 3.05) is 17.2 Å². The van der Waals surface area contributed by atoms with Crippen molar-refractivity contribution in [3.05, 3.63) is 104 Å². The smallest absolute Gasteiger partial charge is 0.341 e. The van der Waals surface area contributed by atoms with Crippen LogP contribution in [-0.4, -0.2) is 35.5 Å². The van der Waals surface area contributed by atoms with E-state index in [2.05, 4.69) is 36.7 Å². The first kappa shape index (κ1) is 36.1. The number of rotatable bonds is 11. The minimum atomic E-state index is -0.512.